The maximum Gasteiger partial charge on any atom is 0.416 e. The number of likely N-dealkylation sites (N-methyl/N-ethyl adjacent to an activating group) is 1. The van der Waals surface area contributed by atoms with E-state index in [-0.39, 0.29) is 17.1 Å². The number of hydrogen-bond donors (Lipinski definition) is 2. The SMILES string of the molecule is C=C1[C@@H](c2ccc(C(C)(F)F)cc2)[C@@](C)(c2ccc(C(F)(F)F)cc2F)NC(=N)N1C. The standard InChI is InChI=1S/C22H21F6N3/c1-12-18(13-5-7-14(8-6-13)21(3,24)25)20(2,30-19(29)31(12)4)16-10-9-15(11-17(16)23)22(26,27)28/h5-11,18H,1H2,2-4H3,(H2,29,30)/t18-,20+/m0/s1. The van der Waals surface area contributed by atoms with Crippen LogP contribution in [0.4, 0.5) is 26.3 Å². The van der Waals surface area contributed by atoms with Crippen LogP contribution < -0.4 is 5.32 Å². The number of nitrogens with one attached hydrogen (secondary N) is 2. The van der Waals surface area contributed by atoms with Crippen molar-refractivity contribution in [2.75, 3.05) is 7.05 Å². The first-order valence-corrected chi connectivity index (χ1v) is 9.31. The van der Waals surface area contributed by atoms with Crippen LogP contribution in [0, 0.1) is 11.2 Å². The molecule has 1 saturated heterocycles. The van der Waals surface area contributed by atoms with Crippen LogP contribution in [-0.4, -0.2) is 17.9 Å². The molecule has 2 aromatic rings. The number of halogens is 6. The van der Waals surface area contributed by atoms with Crippen LogP contribution >= 0.6 is 0 Å². The number of nitrogens with zero attached hydrogens (tertiary/aromatic N) is 1. The molecule has 31 heavy (non-hydrogen) atoms. The second-order valence-electron chi connectivity index (χ2n) is 7.86. The number of hydrogen-bond acceptors (Lipinski definition) is 1. The summed E-state index contributed by atoms with van der Waals surface area (Å²) in [6.45, 7) is 6.28. The van der Waals surface area contributed by atoms with Gasteiger partial charge in [-0.15, -0.1) is 0 Å². The van der Waals surface area contributed by atoms with E-state index in [9.17, 15) is 26.3 Å². The molecule has 0 unspecified atom stereocenters. The molecule has 0 spiro atoms. The Labute approximate surface area is 175 Å². The molecule has 1 heterocycles. The summed E-state index contributed by atoms with van der Waals surface area (Å²) in [6.07, 6.45) is -4.71. The number of benzene rings is 2. The Morgan fingerprint density at radius 1 is 1.03 bits per heavy atom. The fraction of sp³-hybridized carbons (Fsp3) is 0.318. The maximum atomic E-state index is 14.9. The molecule has 9 heteroatoms. The van der Waals surface area contributed by atoms with Crippen molar-refractivity contribution in [2.45, 2.75) is 37.4 Å². The normalized spacial score (nSPS) is 22.5. The van der Waals surface area contributed by atoms with Crippen molar-refractivity contribution in [2.24, 2.45) is 0 Å². The van der Waals surface area contributed by atoms with Crippen LogP contribution in [0.2, 0.25) is 0 Å². The van der Waals surface area contributed by atoms with Crippen LogP contribution in [-0.2, 0) is 17.6 Å². The van der Waals surface area contributed by atoms with E-state index in [1.54, 1.807) is 14.0 Å². The lowest BCUT2D eigenvalue weighted by molar-refractivity contribution is -0.137. The van der Waals surface area contributed by atoms with E-state index in [0.717, 1.165) is 19.1 Å². The highest BCUT2D eigenvalue weighted by Crippen LogP contribution is 2.46. The van der Waals surface area contributed by atoms with Gasteiger partial charge in [0.1, 0.15) is 5.82 Å². The van der Waals surface area contributed by atoms with Crippen LogP contribution in [0.5, 0.6) is 0 Å². The Balaban J connectivity index is 2.15. The van der Waals surface area contributed by atoms with E-state index >= 15 is 0 Å². The highest BCUT2D eigenvalue weighted by molar-refractivity contribution is 5.82. The fourth-order valence-electron chi connectivity index (χ4n) is 3.90. The van der Waals surface area contributed by atoms with Gasteiger partial charge >= 0.3 is 6.18 Å². The van der Waals surface area contributed by atoms with Gasteiger partial charge in [0.25, 0.3) is 5.92 Å². The van der Waals surface area contributed by atoms with Crippen molar-refractivity contribution in [3.05, 3.63) is 82.8 Å². The maximum absolute atomic E-state index is 14.9. The first-order chi connectivity index (χ1) is 14.2. The van der Waals surface area contributed by atoms with E-state index in [4.69, 9.17) is 5.41 Å². The Bertz CT molecular complexity index is 1020. The molecule has 2 atom stereocenters. The summed E-state index contributed by atoms with van der Waals surface area (Å²) in [5, 5.41) is 11.0. The number of alkyl halides is 5. The van der Waals surface area contributed by atoms with Crippen LogP contribution in [0.3, 0.4) is 0 Å². The molecule has 1 fully saturated rings. The van der Waals surface area contributed by atoms with Crippen molar-refractivity contribution in [1.82, 2.24) is 10.2 Å². The summed E-state index contributed by atoms with van der Waals surface area (Å²) in [5.74, 6) is -5.03. The minimum atomic E-state index is -4.71. The van der Waals surface area contributed by atoms with Crippen molar-refractivity contribution in [1.29, 1.82) is 5.41 Å². The Hall–Kier alpha value is -2.97. The lowest BCUT2D eigenvalue weighted by Crippen LogP contribution is -2.59. The van der Waals surface area contributed by atoms with Gasteiger partial charge in [0, 0.05) is 30.8 Å². The van der Waals surface area contributed by atoms with E-state index < -0.39 is 34.9 Å². The second kappa shape index (κ2) is 7.32. The molecule has 3 nitrogen and oxygen atoms in total. The highest BCUT2D eigenvalue weighted by atomic mass is 19.4. The predicted octanol–water partition coefficient (Wildman–Crippen LogP) is 5.94. The molecule has 2 N–H and O–H groups in total. The van der Waals surface area contributed by atoms with Crippen LogP contribution in [0.25, 0.3) is 0 Å². The van der Waals surface area contributed by atoms with E-state index in [0.29, 0.717) is 17.3 Å². The summed E-state index contributed by atoms with van der Waals surface area (Å²) in [7, 11) is 1.56. The lowest BCUT2D eigenvalue weighted by atomic mass is 9.72. The average Bonchev–Trinajstić information content (AvgIpc) is 2.65. The molecule has 0 aliphatic carbocycles. The monoisotopic (exact) mass is 441 g/mol. The van der Waals surface area contributed by atoms with Gasteiger partial charge in [-0.3, -0.25) is 5.41 Å². The van der Waals surface area contributed by atoms with Crippen molar-refractivity contribution in [3.8, 4) is 0 Å². The molecule has 3 rings (SSSR count). The lowest BCUT2D eigenvalue weighted by Gasteiger charge is -2.48. The molecule has 1 aliphatic rings. The van der Waals surface area contributed by atoms with Crippen LogP contribution in [0.15, 0.2) is 54.7 Å². The first kappa shape index (κ1) is 22.7. The predicted molar refractivity (Wildman–Crippen MR) is 105 cm³/mol. The van der Waals surface area contributed by atoms with E-state index in [2.05, 4.69) is 11.9 Å². The third kappa shape index (κ3) is 4.00. The zero-order valence-electron chi connectivity index (χ0n) is 17.0. The summed E-state index contributed by atoms with van der Waals surface area (Å²) in [4.78, 5) is 1.41. The quantitative estimate of drug-likeness (QED) is 0.579. The highest BCUT2D eigenvalue weighted by Gasteiger charge is 2.47. The van der Waals surface area contributed by atoms with Gasteiger partial charge in [-0.2, -0.15) is 13.2 Å². The van der Waals surface area contributed by atoms with Crippen molar-refractivity contribution < 1.29 is 26.3 Å². The number of rotatable bonds is 3. The second-order valence-corrected chi connectivity index (χ2v) is 7.86. The molecule has 0 aromatic heterocycles. The summed E-state index contributed by atoms with van der Waals surface area (Å²) < 4.78 is 81.1. The molecule has 1 aliphatic heterocycles. The minimum Gasteiger partial charge on any atom is -0.346 e. The van der Waals surface area contributed by atoms with Gasteiger partial charge in [0.15, 0.2) is 5.96 Å². The van der Waals surface area contributed by atoms with E-state index in [1.807, 2.05) is 0 Å². The molecule has 166 valence electrons. The Morgan fingerprint density at radius 2 is 1.58 bits per heavy atom. The molecule has 0 bridgehead atoms. The Kier molecular flexibility index (Phi) is 5.36. The molecular weight excluding hydrogens is 420 g/mol. The molecule has 0 radical (unpaired) electrons. The molecule has 0 saturated carbocycles. The Morgan fingerprint density at radius 3 is 2.06 bits per heavy atom. The fourth-order valence-corrected chi connectivity index (χ4v) is 3.90. The number of guanidine groups is 1. The summed E-state index contributed by atoms with van der Waals surface area (Å²) in [6, 6.07) is 7.59. The molecular formula is C22H21F6N3. The van der Waals surface area contributed by atoms with Gasteiger partial charge in [0.05, 0.1) is 17.0 Å². The molecule has 2 aromatic carbocycles. The average molecular weight is 441 g/mol. The van der Waals surface area contributed by atoms with Crippen molar-refractivity contribution >= 4 is 5.96 Å². The third-order valence-corrected chi connectivity index (χ3v) is 5.66. The van der Waals surface area contributed by atoms with E-state index in [1.165, 1.54) is 29.2 Å². The van der Waals surface area contributed by atoms with Gasteiger partial charge in [-0.25, -0.2) is 13.2 Å². The largest absolute Gasteiger partial charge is 0.416 e. The van der Waals surface area contributed by atoms with Gasteiger partial charge < -0.3 is 10.2 Å². The zero-order valence-corrected chi connectivity index (χ0v) is 17.0. The summed E-state index contributed by atoms with van der Waals surface area (Å²) in [5.41, 5.74) is -1.99. The van der Waals surface area contributed by atoms with Gasteiger partial charge in [-0.05, 0) is 24.6 Å². The van der Waals surface area contributed by atoms with Crippen LogP contribution in [0.1, 0.15) is 42.0 Å². The molecule has 0 amide bonds. The van der Waals surface area contributed by atoms with Crippen molar-refractivity contribution in [3.63, 3.8) is 0 Å². The first-order valence-electron chi connectivity index (χ1n) is 9.31. The minimum absolute atomic E-state index is 0.102. The summed E-state index contributed by atoms with van der Waals surface area (Å²) >= 11 is 0. The topological polar surface area (TPSA) is 39.1 Å². The smallest absolute Gasteiger partial charge is 0.346 e. The van der Waals surface area contributed by atoms with Gasteiger partial charge in [0.2, 0.25) is 0 Å². The zero-order chi connectivity index (χ0) is 23.4. The third-order valence-electron chi connectivity index (χ3n) is 5.66. The van der Waals surface area contributed by atoms with Gasteiger partial charge in [-0.1, -0.05) is 36.9 Å².